The number of hydrogen-bond donors (Lipinski definition) is 3. The van der Waals surface area contributed by atoms with Gasteiger partial charge in [-0.1, -0.05) is 6.07 Å². The van der Waals surface area contributed by atoms with Crippen molar-refractivity contribution in [3.05, 3.63) is 18.2 Å². The molecule has 0 fully saturated rings. The average Bonchev–Trinajstić information content (AvgIpc) is 2.13. The number of nitrogen functional groups attached to an aromatic ring is 2. The third-order valence-corrected chi connectivity index (χ3v) is 2.28. The smallest absolute Gasteiger partial charge is 0.222 e. The summed E-state index contributed by atoms with van der Waals surface area (Å²) in [5.41, 5.74) is 13.1. The van der Waals surface area contributed by atoms with Gasteiger partial charge in [-0.25, -0.2) is 4.98 Å². The summed E-state index contributed by atoms with van der Waals surface area (Å²) in [7, 11) is 0. The highest BCUT2D eigenvalue weighted by Gasteiger charge is 2.14. The van der Waals surface area contributed by atoms with Crippen LogP contribution in [-0.4, -0.2) is 15.5 Å². The van der Waals surface area contributed by atoms with E-state index in [0.717, 1.165) is 16.6 Å². The van der Waals surface area contributed by atoms with Gasteiger partial charge in [0.2, 0.25) is 5.95 Å². The van der Waals surface area contributed by atoms with Gasteiger partial charge in [0.05, 0.1) is 10.9 Å². The molecule has 0 unspecified atom stereocenters. The highest BCUT2D eigenvalue weighted by molar-refractivity contribution is 5.99. The van der Waals surface area contributed by atoms with E-state index in [1.807, 2.05) is 18.2 Å². The van der Waals surface area contributed by atoms with Crippen LogP contribution in [0.1, 0.15) is 20.8 Å². The summed E-state index contributed by atoms with van der Waals surface area (Å²) >= 11 is 0. The van der Waals surface area contributed by atoms with Gasteiger partial charge in [-0.2, -0.15) is 4.98 Å². The number of nitrogens with two attached hydrogens (primary N) is 2. The van der Waals surface area contributed by atoms with E-state index >= 15 is 0 Å². The minimum Gasteiger partial charge on any atom is -0.383 e. The molecule has 0 amide bonds. The van der Waals surface area contributed by atoms with Crippen molar-refractivity contribution in [1.29, 1.82) is 0 Å². The topological polar surface area (TPSA) is 89.8 Å². The molecular weight excluding hydrogens is 214 g/mol. The fourth-order valence-electron chi connectivity index (χ4n) is 1.74. The van der Waals surface area contributed by atoms with Crippen LogP contribution in [0, 0.1) is 0 Å². The van der Waals surface area contributed by atoms with E-state index in [4.69, 9.17) is 11.5 Å². The van der Waals surface area contributed by atoms with E-state index in [0.29, 0.717) is 5.82 Å². The van der Waals surface area contributed by atoms with Crippen molar-refractivity contribution in [1.82, 2.24) is 9.97 Å². The van der Waals surface area contributed by atoms with Crippen LogP contribution in [0.2, 0.25) is 0 Å². The van der Waals surface area contributed by atoms with Crippen LogP contribution in [0.3, 0.4) is 0 Å². The van der Waals surface area contributed by atoms with E-state index < -0.39 is 0 Å². The molecule has 5 nitrogen and oxygen atoms in total. The van der Waals surface area contributed by atoms with Gasteiger partial charge < -0.3 is 16.8 Å². The maximum Gasteiger partial charge on any atom is 0.222 e. The Labute approximate surface area is 100 Å². The van der Waals surface area contributed by atoms with E-state index in [2.05, 4.69) is 36.1 Å². The SMILES string of the molecule is CC(C)(C)Nc1cccc2nc(N)nc(N)c12. The van der Waals surface area contributed by atoms with Crippen molar-refractivity contribution in [2.45, 2.75) is 26.3 Å². The summed E-state index contributed by atoms with van der Waals surface area (Å²) in [6.07, 6.45) is 0. The van der Waals surface area contributed by atoms with Crippen LogP contribution >= 0.6 is 0 Å². The third-order valence-electron chi connectivity index (χ3n) is 2.28. The maximum atomic E-state index is 5.91. The summed E-state index contributed by atoms with van der Waals surface area (Å²) in [5.74, 6) is 0.600. The predicted molar refractivity (Wildman–Crippen MR) is 71.7 cm³/mol. The van der Waals surface area contributed by atoms with Gasteiger partial charge >= 0.3 is 0 Å². The summed E-state index contributed by atoms with van der Waals surface area (Å²) in [4.78, 5) is 8.17. The second-order valence-electron chi connectivity index (χ2n) is 5.04. The minimum absolute atomic E-state index is 0.0535. The molecule has 0 aliphatic carbocycles. The number of hydrogen-bond acceptors (Lipinski definition) is 5. The zero-order chi connectivity index (χ0) is 12.6. The number of benzene rings is 1. The molecule has 0 aliphatic heterocycles. The van der Waals surface area contributed by atoms with Crippen LogP contribution in [0.25, 0.3) is 10.9 Å². The zero-order valence-electron chi connectivity index (χ0n) is 10.3. The van der Waals surface area contributed by atoms with Crippen LogP contribution in [0.4, 0.5) is 17.5 Å². The molecule has 17 heavy (non-hydrogen) atoms. The Balaban J connectivity index is 2.65. The quantitative estimate of drug-likeness (QED) is 0.698. The number of anilines is 3. The van der Waals surface area contributed by atoms with Crippen LogP contribution in [0.5, 0.6) is 0 Å². The normalized spacial score (nSPS) is 11.7. The molecule has 0 radical (unpaired) electrons. The fourth-order valence-corrected chi connectivity index (χ4v) is 1.74. The minimum atomic E-state index is -0.0535. The molecule has 90 valence electrons. The third kappa shape index (κ3) is 2.38. The summed E-state index contributed by atoms with van der Waals surface area (Å²) < 4.78 is 0. The first-order valence-corrected chi connectivity index (χ1v) is 5.47. The maximum absolute atomic E-state index is 5.91. The Morgan fingerprint density at radius 3 is 2.47 bits per heavy atom. The van der Waals surface area contributed by atoms with Gasteiger partial charge in [0.25, 0.3) is 0 Å². The highest BCUT2D eigenvalue weighted by Crippen LogP contribution is 2.28. The van der Waals surface area contributed by atoms with E-state index in [1.54, 1.807) is 0 Å². The molecule has 2 aromatic rings. The summed E-state index contributed by atoms with van der Waals surface area (Å²) in [5, 5.41) is 4.20. The molecular formula is C12H17N5. The molecule has 0 saturated heterocycles. The standard InChI is InChI=1S/C12H17N5/c1-12(2,3)17-8-6-4-5-7-9(8)10(13)16-11(14)15-7/h4-6,17H,1-3H3,(H4,13,14,15,16). The van der Waals surface area contributed by atoms with Crippen molar-refractivity contribution in [3.8, 4) is 0 Å². The van der Waals surface area contributed by atoms with Gasteiger partial charge in [0.1, 0.15) is 5.82 Å². The van der Waals surface area contributed by atoms with Crippen molar-refractivity contribution in [3.63, 3.8) is 0 Å². The first-order valence-electron chi connectivity index (χ1n) is 5.47. The Morgan fingerprint density at radius 1 is 1.12 bits per heavy atom. The Hall–Kier alpha value is -2.04. The second-order valence-corrected chi connectivity index (χ2v) is 5.04. The molecule has 2 rings (SSSR count). The number of aromatic nitrogens is 2. The van der Waals surface area contributed by atoms with Crippen LogP contribution < -0.4 is 16.8 Å². The van der Waals surface area contributed by atoms with Crippen LogP contribution in [0.15, 0.2) is 18.2 Å². The molecule has 1 aromatic carbocycles. The average molecular weight is 231 g/mol. The molecule has 1 aromatic heterocycles. The van der Waals surface area contributed by atoms with Gasteiger partial charge in [-0.15, -0.1) is 0 Å². The number of nitrogens with zero attached hydrogens (tertiary/aromatic N) is 2. The van der Waals surface area contributed by atoms with Gasteiger partial charge in [0.15, 0.2) is 0 Å². The van der Waals surface area contributed by atoms with Crippen molar-refractivity contribution < 1.29 is 0 Å². The predicted octanol–water partition coefficient (Wildman–Crippen LogP) is 2.00. The molecule has 5 N–H and O–H groups in total. The van der Waals surface area contributed by atoms with E-state index in [-0.39, 0.29) is 11.5 Å². The van der Waals surface area contributed by atoms with E-state index in [9.17, 15) is 0 Å². The fraction of sp³-hybridized carbons (Fsp3) is 0.333. The van der Waals surface area contributed by atoms with Crippen molar-refractivity contribution in [2.24, 2.45) is 0 Å². The Morgan fingerprint density at radius 2 is 1.82 bits per heavy atom. The van der Waals surface area contributed by atoms with Gasteiger partial charge in [-0.05, 0) is 32.9 Å². The van der Waals surface area contributed by atoms with Gasteiger partial charge in [-0.3, -0.25) is 0 Å². The first-order chi connectivity index (χ1) is 7.87. The number of fused-ring (bicyclic) bond motifs is 1. The molecule has 1 heterocycles. The van der Waals surface area contributed by atoms with E-state index in [1.165, 1.54) is 0 Å². The van der Waals surface area contributed by atoms with Gasteiger partial charge in [0, 0.05) is 11.2 Å². The lowest BCUT2D eigenvalue weighted by atomic mass is 10.1. The Kier molecular flexibility index (Phi) is 2.53. The molecule has 5 heteroatoms. The highest BCUT2D eigenvalue weighted by atomic mass is 15.0. The van der Waals surface area contributed by atoms with Crippen LogP contribution in [-0.2, 0) is 0 Å². The zero-order valence-corrected chi connectivity index (χ0v) is 10.3. The molecule has 0 bridgehead atoms. The lowest BCUT2D eigenvalue weighted by molar-refractivity contribution is 0.635. The first kappa shape index (κ1) is 11.4. The molecule has 0 spiro atoms. The summed E-state index contributed by atoms with van der Waals surface area (Å²) in [6.45, 7) is 6.25. The Bertz CT molecular complexity index is 557. The van der Waals surface area contributed by atoms with Crippen molar-refractivity contribution >= 4 is 28.4 Å². The number of nitrogens with one attached hydrogen (secondary N) is 1. The molecule has 0 aliphatic rings. The monoisotopic (exact) mass is 231 g/mol. The lowest BCUT2D eigenvalue weighted by Crippen LogP contribution is -2.26. The molecule has 0 atom stereocenters. The lowest BCUT2D eigenvalue weighted by Gasteiger charge is -2.23. The van der Waals surface area contributed by atoms with Crippen molar-refractivity contribution in [2.75, 3.05) is 16.8 Å². The summed E-state index contributed by atoms with van der Waals surface area (Å²) in [6, 6.07) is 5.75. The largest absolute Gasteiger partial charge is 0.383 e. The second kappa shape index (κ2) is 3.76. The number of rotatable bonds is 1. The molecule has 0 saturated carbocycles.